The molecule has 0 aliphatic heterocycles. The summed E-state index contributed by atoms with van der Waals surface area (Å²) in [7, 11) is -8.92. The monoisotopic (exact) mass is 509 g/mol. The van der Waals surface area contributed by atoms with Crippen LogP contribution in [0.3, 0.4) is 0 Å². The average molecular weight is 510 g/mol. The molecule has 2 aliphatic carbocycles. The number of carbonyl (C=O) groups excluding carboxylic acids is 2. The van der Waals surface area contributed by atoms with Gasteiger partial charge in [0.15, 0.2) is 0 Å². The minimum absolute atomic E-state index is 0.0746. The van der Waals surface area contributed by atoms with Gasteiger partial charge in [0.05, 0.1) is 5.75 Å². The molecule has 2 fully saturated rings. The molecule has 2 bridgehead atoms. The number of hydrogen-bond donors (Lipinski definition) is 4. The van der Waals surface area contributed by atoms with Gasteiger partial charge in [-0.05, 0) is 36.3 Å². The number of ketones is 1. The molecule has 0 spiro atoms. The normalized spacial score (nSPS) is 25.2. The largest absolute Gasteiger partial charge is 0.299 e. The van der Waals surface area contributed by atoms with E-state index in [-0.39, 0.29) is 11.7 Å². The first-order chi connectivity index (χ1) is 15.1. The van der Waals surface area contributed by atoms with Crippen LogP contribution in [-0.4, -0.2) is 52.1 Å². The van der Waals surface area contributed by atoms with Crippen molar-refractivity contribution >= 4 is 31.7 Å². The number of halogens is 2. The van der Waals surface area contributed by atoms with E-state index in [1.807, 2.05) is 13.8 Å². The van der Waals surface area contributed by atoms with Crippen LogP contribution in [0.2, 0.25) is 0 Å². The molecule has 14 heteroatoms. The zero-order valence-corrected chi connectivity index (χ0v) is 19.5. The number of rotatable bonds is 9. The Morgan fingerprint density at radius 1 is 1.24 bits per heavy atom. The molecule has 2 aliphatic rings. The van der Waals surface area contributed by atoms with Crippen LogP contribution in [0.4, 0.5) is 8.78 Å². The minimum Gasteiger partial charge on any atom is -0.299 e. The van der Waals surface area contributed by atoms with E-state index in [1.54, 1.807) is 4.72 Å². The van der Waals surface area contributed by atoms with Gasteiger partial charge in [0.2, 0.25) is 20.0 Å². The van der Waals surface area contributed by atoms with E-state index in [9.17, 15) is 35.2 Å². The molecular weight excluding hydrogens is 484 g/mol. The number of nitrogens with one attached hydrogen (secondary N) is 3. The second kappa shape index (κ2) is 8.65. The molecule has 1 aromatic rings. The molecule has 33 heavy (non-hydrogen) atoms. The number of carbonyl (C=O) groups is 2. The quantitative estimate of drug-likeness (QED) is 0.278. The first-order valence-corrected chi connectivity index (χ1v) is 13.2. The number of benzene rings is 1. The summed E-state index contributed by atoms with van der Waals surface area (Å²) < 4.78 is 81.5. The smallest absolute Gasteiger partial charge is 0.262 e. The summed E-state index contributed by atoms with van der Waals surface area (Å²) in [5, 5.41) is 8.93. The molecule has 3 rings (SSSR count). The Kier molecular flexibility index (Phi) is 6.72. The maximum absolute atomic E-state index is 13.9. The van der Waals surface area contributed by atoms with Crippen molar-refractivity contribution in [2.45, 2.75) is 44.0 Å². The molecule has 4 N–H and O–H groups in total. The highest BCUT2D eigenvalue weighted by Crippen LogP contribution is 2.64. The van der Waals surface area contributed by atoms with Gasteiger partial charge in [0.1, 0.15) is 28.4 Å². The topological polar surface area (TPSA) is 159 Å². The lowest BCUT2D eigenvalue weighted by molar-refractivity contribution is -0.130. The van der Waals surface area contributed by atoms with Gasteiger partial charge in [-0.3, -0.25) is 14.8 Å². The maximum atomic E-state index is 13.9. The maximum Gasteiger partial charge on any atom is 0.262 e. The fraction of sp³-hybridized carbons (Fsp3) is 0.579. The van der Waals surface area contributed by atoms with Crippen molar-refractivity contribution in [1.82, 2.24) is 14.9 Å². The standard InChI is InChI=1S/C19H25F2N3O7S2/c1-18(2)11-5-6-19(18,16(25)7-11)10-32(28,29)22-9-14(17(26)23-27)24-33(30,31)15-4-3-12(20)8-13(15)21/h3-4,8,11,14,22,24,27H,5-7,9-10H2,1-2H3,(H,23,26). The zero-order valence-electron chi connectivity index (χ0n) is 17.9. The van der Waals surface area contributed by atoms with Crippen LogP contribution >= 0.6 is 0 Å². The summed E-state index contributed by atoms with van der Waals surface area (Å²) in [4.78, 5) is 23.6. The highest BCUT2D eigenvalue weighted by Gasteiger charge is 2.65. The number of Topliss-reactive ketones (excluding diaryl/α,β-unsaturated/α-hetero) is 1. The SMILES string of the molecule is CC1(C)C2CCC1(CS(=O)(=O)NCC(NS(=O)(=O)c1ccc(F)cc1F)C(=O)NO)C(=O)C2. The summed E-state index contributed by atoms with van der Waals surface area (Å²) in [5.74, 6) is -4.38. The Morgan fingerprint density at radius 2 is 1.91 bits per heavy atom. The lowest BCUT2D eigenvalue weighted by atomic mass is 9.70. The molecule has 1 amide bonds. The molecule has 1 aromatic carbocycles. The van der Waals surface area contributed by atoms with Gasteiger partial charge in [-0.25, -0.2) is 35.8 Å². The van der Waals surface area contributed by atoms with Gasteiger partial charge in [0.25, 0.3) is 5.91 Å². The van der Waals surface area contributed by atoms with Crippen molar-refractivity contribution in [1.29, 1.82) is 0 Å². The third kappa shape index (κ3) is 4.67. The van der Waals surface area contributed by atoms with Gasteiger partial charge < -0.3 is 0 Å². The van der Waals surface area contributed by atoms with Crippen molar-refractivity contribution in [3.8, 4) is 0 Å². The van der Waals surface area contributed by atoms with Crippen LogP contribution in [0.1, 0.15) is 33.1 Å². The van der Waals surface area contributed by atoms with Crippen molar-refractivity contribution < 1.29 is 40.4 Å². The highest BCUT2D eigenvalue weighted by atomic mass is 32.2. The summed E-state index contributed by atoms with van der Waals surface area (Å²) in [6.45, 7) is 2.86. The number of fused-ring (bicyclic) bond motifs is 2. The van der Waals surface area contributed by atoms with Crippen molar-refractivity contribution in [2.75, 3.05) is 12.3 Å². The van der Waals surface area contributed by atoms with Crippen LogP contribution in [0.15, 0.2) is 23.1 Å². The van der Waals surface area contributed by atoms with Crippen LogP contribution in [-0.2, 0) is 29.6 Å². The Labute approximate surface area is 190 Å². The van der Waals surface area contributed by atoms with Crippen LogP contribution in [0.25, 0.3) is 0 Å². The van der Waals surface area contributed by atoms with Gasteiger partial charge in [-0.1, -0.05) is 13.8 Å². The fourth-order valence-electron chi connectivity index (χ4n) is 4.90. The number of amides is 1. The average Bonchev–Trinajstić information content (AvgIpc) is 3.04. The van der Waals surface area contributed by atoms with E-state index in [4.69, 9.17) is 5.21 Å². The Morgan fingerprint density at radius 3 is 2.42 bits per heavy atom. The zero-order chi connectivity index (χ0) is 24.8. The van der Waals surface area contributed by atoms with E-state index < -0.39 is 71.7 Å². The van der Waals surface area contributed by atoms with Crippen molar-refractivity contribution in [3.63, 3.8) is 0 Å². The van der Waals surface area contributed by atoms with E-state index in [1.165, 1.54) is 5.48 Å². The fourth-order valence-corrected chi connectivity index (χ4v) is 8.01. The predicted octanol–water partition coefficient (Wildman–Crippen LogP) is 0.432. The summed E-state index contributed by atoms with van der Waals surface area (Å²) in [6, 6.07) is -0.224. The Hall–Kier alpha value is -2.00. The first kappa shape index (κ1) is 25.6. The second-order valence-electron chi connectivity index (χ2n) is 9.00. The molecule has 10 nitrogen and oxygen atoms in total. The Bertz CT molecular complexity index is 1190. The third-order valence-electron chi connectivity index (χ3n) is 6.99. The second-order valence-corrected chi connectivity index (χ2v) is 12.5. The van der Waals surface area contributed by atoms with Crippen LogP contribution in [0.5, 0.6) is 0 Å². The molecule has 0 heterocycles. The molecule has 3 unspecified atom stereocenters. The van der Waals surface area contributed by atoms with E-state index in [0.717, 1.165) is 0 Å². The minimum atomic E-state index is -4.74. The van der Waals surface area contributed by atoms with E-state index in [0.29, 0.717) is 37.5 Å². The van der Waals surface area contributed by atoms with E-state index >= 15 is 0 Å². The predicted molar refractivity (Wildman–Crippen MR) is 111 cm³/mol. The van der Waals surface area contributed by atoms with Crippen molar-refractivity contribution in [3.05, 3.63) is 29.8 Å². The highest BCUT2D eigenvalue weighted by molar-refractivity contribution is 7.90. The lowest BCUT2D eigenvalue weighted by Gasteiger charge is -2.36. The first-order valence-electron chi connectivity index (χ1n) is 10.1. The molecular formula is C19H25F2N3O7S2. The molecule has 3 atom stereocenters. The summed E-state index contributed by atoms with van der Waals surface area (Å²) in [6.07, 6.45) is 1.41. The van der Waals surface area contributed by atoms with Crippen LogP contribution in [0, 0.1) is 28.4 Å². The molecule has 0 radical (unpaired) electrons. The molecule has 184 valence electrons. The molecule has 2 saturated carbocycles. The Balaban J connectivity index is 1.77. The lowest BCUT2D eigenvalue weighted by Crippen LogP contribution is -2.53. The third-order valence-corrected chi connectivity index (χ3v) is 9.97. The van der Waals surface area contributed by atoms with Gasteiger partial charge in [-0.2, -0.15) is 4.72 Å². The van der Waals surface area contributed by atoms with E-state index in [2.05, 4.69) is 4.72 Å². The van der Waals surface area contributed by atoms with Gasteiger partial charge in [-0.15, -0.1) is 0 Å². The molecule has 0 aromatic heterocycles. The number of hydrogen-bond acceptors (Lipinski definition) is 7. The number of hydroxylamine groups is 1. The van der Waals surface area contributed by atoms with Gasteiger partial charge >= 0.3 is 0 Å². The summed E-state index contributed by atoms with van der Waals surface area (Å²) >= 11 is 0. The molecule has 0 saturated heterocycles. The van der Waals surface area contributed by atoms with Gasteiger partial charge in [0, 0.05) is 24.4 Å². The van der Waals surface area contributed by atoms with Crippen LogP contribution < -0.4 is 14.9 Å². The van der Waals surface area contributed by atoms with Crippen molar-refractivity contribution in [2.24, 2.45) is 16.7 Å². The summed E-state index contributed by atoms with van der Waals surface area (Å²) in [5.41, 5.74) is -0.418. The number of sulfonamides is 2.